The molecule has 1 aliphatic heterocycles. The van der Waals surface area contributed by atoms with Gasteiger partial charge in [-0.1, -0.05) is 17.3 Å². The molecule has 1 fully saturated rings. The maximum absolute atomic E-state index is 13.1. The van der Waals surface area contributed by atoms with Crippen LogP contribution in [0.15, 0.2) is 47.0 Å². The zero-order valence-corrected chi connectivity index (χ0v) is 15.8. The highest BCUT2D eigenvalue weighted by Crippen LogP contribution is 2.33. The van der Waals surface area contributed by atoms with E-state index in [1.807, 2.05) is 32.0 Å². The van der Waals surface area contributed by atoms with E-state index in [-0.39, 0.29) is 17.9 Å². The molecule has 2 amide bonds. The molecule has 0 radical (unpaired) electrons. The quantitative estimate of drug-likeness (QED) is 0.704. The minimum atomic E-state index is -0.322. The Morgan fingerprint density at radius 3 is 2.79 bits per heavy atom. The number of rotatable bonds is 3. The van der Waals surface area contributed by atoms with Crippen molar-refractivity contribution in [2.45, 2.75) is 32.7 Å². The van der Waals surface area contributed by atoms with Crippen LogP contribution < -0.4 is 5.32 Å². The summed E-state index contributed by atoms with van der Waals surface area (Å²) < 4.78 is 18.5. The minimum absolute atomic E-state index is 0.183. The lowest BCUT2D eigenvalue weighted by Gasteiger charge is -2.23. The number of nitrogens with one attached hydrogen (secondary N) is 1. The predicted octanol–water partition coefficient (Wildman–Crippen LogP) is 4.86. The van der Waals surface area contributed by atoms with Crippen molar-refractivity contribution in [3.05, 3.63) is 65.3 Å². The fourth-order valence-electron chi connectivity index (χ4n) is 3.43. The Bertz CT molecular complexity index is 1000. The Labute approximate surface area is 162 Å². The SMILES string of the molecule is Cc1cccc(NC(=O)N2CCC[C@H]2c2nc(-c3ccc(F)cc3)no2)c1C. The van der Waals surface area contributed by atoms with Crippen LogP contribution in [0.1, 0.15) is 35.9 Å². The summed E-state index contributed by atoms with van der Waals surface area (Å²) in [4.78, 5) is 19.0. The lowest BCUT2D eigenvalue weighted by Crippen LogP contribution is -2.34. The number of benzene rings is 2. The van der Waals surface area contributed by atoms with Gasteiger partial charge in [0.25, 0.3) is 0 Å². The third-order valence-electron chi connectivity index (χ3n) is 5.19. The minimum Gasteiger partial charge on any atom is -0.337 e. The largest absolute Gasteiger partial charge is 0.337 e. The molecular formula is C21H21FN4O2. The summed E-state index contributed by atoms with van der Waals surface area (Å²) in [5.41, 5.74) is 3.63. The molecule has 28 heavy (non-hydrogen) atoms. The Morgan fingerprint density at radius 2 is 2.00 bits per heavy atom. The first-order chi connectivity index (χ1) is 13.5. The first-order valence-corrected chi connectivity index (χ1v) is 9.26. The number of carbonyl (C=O) groups excluding carboxylic acids is 1. The molecule has 2 heterocycles. The topological polar surface area (TPSA) is 71.3 Å². The van der Waals surface area contributed by atoms with Crippen LogP contribution in [-0.2, 0) is 0 Å². The van der Waals surface area contributed by atoms with E-state index >= 15 is 0 Å². The van der Waals surface area contributed by atoms with E-state index in [1.54, 1.807) is 17.0 Å². The molecule has 1 aromatic heterocycles. The molecule has 0 bridgehead atoms. The number of amides is 2. The van der Waals surface area contributed by atoms with E-state index in [0.717, 1.165) is 29.7 Å². The van der Waals surface area contributed by atoms with Gasteiger partial charge < -0.3 is 14.7 Å². The normalized spacial score (nSPS) is 16.4. The monoisotopic (exact) mass is 380 g/mol. The number of aromatic nitrogens is 2. The van der Waals surface area contributed by atoms with Crippen molar-refractivity contribution >= 4 is 11.7 Å². The highest BCUT2D eigenvalue weighted by molar-refractivity contribution is 5.90. The average molecular weight is 380 g/mol. The second-order valence-corrected chi connectivity index (χ2v) is 6.99. The second kappa shape index (κ2) is 7.42. The van der Waals surface area contributed by atoms with Gasteiger partial charge in [-0.2, -0.15) is 4.98 Å². The maximum atomic E-state index is 13.1. The summed E-state index contributed by atoms with van der Waals surface area (Å²) in [6, 6.07) is 11.3. The zero-order valence-electron chi connectivity index (χ0n) is 15.8. The van der Waals surface area contributed by atoms with Gasteiger partial charge in [0, 0.05) is 17.8 Å². The van der Waals surface area contributed by atoms with Gasteiger partial charge in [-0.15, -0.1) is 0 Å². The molecule has 0 spiro atoms. The molecule has 1 atom stereocenters. The second-order valence-electron chi connectivity index (χ2n) is 6.99. The van der Waals surface area contributed by atoms with Crippen LogP contribution in [0.5, 0.6) is 0 Å². The maximum Gasteiger partial charge on any atom is 0.322 e. The molecule has 2 aromatic carbocycles. The zero-order chi connectivity index (χ0) is 19.7. The number of carbonyl (C=O) groups is 1. The van der Waals surface area contributed by atoms with E-state index in [1.165, 1.54) is 12.1 Å². The van der Waals surface area contributed by atoms with Crippen LogP contribution in [0, 0.1) is 19.7 Å². The Morgan fingerprint density at radius 1 is 1.21 bits per heavy atom. The van der Waals surface area contributed by atoms with Crippen molar-refractivity contribution in [3.8, 4) is 11.4 Å². The van der Waals surface area contributed by atoms with Crippen molar-refractivity contribution < 1.29 is 13.7 Å². The molecule has 4 rings (SSSR count). The Hall–Kier alpha value is -3.22. The molecule has 7 heteroatoms. The van der Waals surface area contributed by atoms with Gasteiger partial charge in [0.05, 0.1) is 0 Å². The molecule has 1 aliphatic rings. The van der Waals surface area contributed by atoms with E-state index in [9.17, 15) is 9.18 Å². The fraction of sp³-hybridized carbons (Fsp3) is 0.286. The van der Waals surface area contributed by atoms with Crippen molar-refractivity contribution in [3.63, 3.8) is 0 Å². The summed E-state index contributed by atoms with van der Waals surface area (Å²) in [6.07, 6.45) is 1.62. The van der Waals surface area contributed by atoms with Crippen LogP contribution >= 0.6 is 0 Å². The van der Waals surface area contributed by atoms with Gasteiger partial charge in [-0.05, 0) is 68.1 Å². The number of hydrogen-bond donors (Lipinski definition) is 1. The van der Waals surface area contributed by atoms with Crippen LogP contribution in [0.4, 0.5) is 14.9 Å². The molecular weight excluding hydrogens is 359 g/mol. The number of anilines is 1. The summed E-state index contributed by atoms with van der Waals surface area (Å²) in [6.45, 7) is 4.62. The van der Waals surface area contributed by atoms with E-state index in [4.69, 9.17) is 4.52 Å². The Balaban J connectivity index is 1.53. The van der Waals surface area contributed by atoms with Crippen LogP contribution in [-0.4, -0.2) is 27.6 Å². The van der Waals surface area contributed by atoms with Gasteiger partial charge in [-0.25, -0.2) is 9.18 Å². The highest BCUT2D eigenvalue weighted by Gasteiger charge is 2.34. The molecule has 6 nitrogen and oxygen atoms in total. The van der Waals surface area contributed by atoms with Gasteiger partial charge in [-0.3, -0.25) is 0 Å². The summed E-state index contributed by atoms with van der Waals surface area (Å²) >= 11 is 0. The third-order valence-corrected chi connectivity index (χ3v) is 5.19. The number of likely N-dealkylation sites (tertiary alicyclic amines) is 1. The molecule has 3 aromatic rings. The van der Waals surface area contributed by atoms with E-state index in [2.05, 4.69) is 15.5 Å². The third kappa shape index (κ3) is 3.47. The number of hydrogen-bond acceptors (Lipinski definition) is 4. The molecule has 0 saturated carbocycles. The van der Waals surface area contributed by atoms with Crippen molar-refractivity contribution in [2.24, 2.45) is 0 Å². The first-order valence-electron chi connectivity index (χ1n) is 9.26. The lowest BCUT2D eigenvalue weighted by molar-refractivity contribution is 0.193. The van der Waals surface area contributed by atoms with Crippen molar-refractivity contribution in [2.75, 3.05) is 11.9 Å². The highest BCUT2D eigenvalue weighted by atomic mass is 19.1. The molecule has 0 aliphatic carbocycles. The molecule has 1 saturated heterocycles. The molecule has 144 valence electrons. The van der Waals surface area contributed by atoms with Crippen LogP contribution in [0.3, 0.4) is 0 Å². The van der Waals surface area contributed by atoms with Crippen LogP contribution in [0.25, 0.3) is 11.4 Å². The Kier molecular flexibility index (Phi) is 4.81. The first kappa shape index (κ1) is 18.2. The lowest BCUT2D eigenvalue weighted by atomic mass is 10.1. The number of halogens is 1. The van der Waals surface area contributed by atoms with Gasteiger partial charge >= 0.3 is 6.03 Å². The summed E-state index contributed by atoms with van der Waals surface area (Å²) in [5.74, 6) is 0.460. The van der Waals surface area contributed by atoms with Crippen molar-refractivity contribution in [1.29, 1.82) is 0 Å². The predicted molar refractivity (Wildman–Crippen MR) is 103 cm³/mol. The van der Waals surface area contributed by atoms with E-state index < -0.39 is 0 Å². The molecule has 1 N–H and O–H groups in total. The van der Waals surface area contributed by atoms with Gasteiger partial charge in [0.2, 0.25) is 11.7 Å². The standard InChI is InChI=1S/C21H21FN4O2/c1-13-5-3-6-17(14(13)2)23-21(27)26-12-4-7-18(26)20-24-19(25-28-20)15-8-10-16(22)11-9-15/h3,5-6,8-11,18H,4,7,12H2,1-2H3,(H,23,27)/t18-/m0/s1. The smallest absolute Gasteiger partial charge is 0.322 e. The number of aryl methyl sites for hydroxylation is 1. The van der Waals surface area contributed by atoms with Gasteiger partial charge in [0.15, 0.2) is 0 Å². The molecule has 0 unspecified atom stereocenters. The number of urea groups is 1. The number of nitrogens with zero attached hydrogens (tertiary/aromatic N) is 3. The fourth-order valence-corrected chi connectivity index (χ4v) is 3.43. The van der Waals surface area contributed by atoms with Crippen molar-refractivity contribution in [1.82, 2.24) is 15.0 Å². The summed E-state index contributed by atoms with van der Waals surface area (Å²) in [5, 5.41) is 6.99. The van der Waals surface area contributed by atoms with E-state index in [0.29, 0.717) is 23.8 Å². The van der Waals surface area contributed by atoms with Crippen LogP contribution in [0.2, 0.25) is 0 Å². The summed E-state index contributed by atoms with van der Waals surface area (Å²) in [7, 11) is 0. The van der Waals surface area contributed by atoms with Gasteiger partial charge in [0.1, 0.15) is 11.9 Å². The average Bonchev–Trinajstić information content (AvgIpc) is 3.35.